The Labute approximate surface area is 125 Å². The third-order valence-electron chi connectivity index (χ3n) is 3.70. The lowest BCUT2D eigenvalue weighted by molar-refractivity contribution is 0.0998. The molecular weight excluding hydrogens is 285 g/mol. The maximum Gasteiger partial charge on any atom is 0.269 e. The number of halogens is 1. The second-order valence-electron chi connectivity index (χ2n) is 5.23. The quantitative estimate of drug-likeness (QED) is 0.937. The van der Waals surface area contributed by atoms with E-state index < -0.39 is 17.3 Å². The number of pyridine rings is 1. The first-order valence-electron chi connectivity index (χ1n) is 6.78. The molecule has 0 aliphatic heterocycles. The van der Waals surface area contributed by atoms with E-state index in [2.05, 4.69) is 0 Å². The summed E-state index contributed by atoms with van der Waals surface area (Å²) in [7, 11) is 0. The van der Waals surface area contributed by atoms with E-state index in [1.165, 1.54) is 30.3 Å². The number of aromatic nitrogens is 1. The van der Waals surface area contributed by atoms with Crippen LogP contribution >= 0.6 is 0 Å². The molecule has 1 heterocycles. The molecule has 0 saturated heterocycles. The first kappa shape index (κ1) is 14.0. The van der Waals surface area contributed by atoms with E-state index in [9.17, 15) is 19.2 Å². The lowest BCUT2D eigenvalue weighted by Gasteiger charge is -2.13. The molecule has 5 nitrogen and oxygen atoms in total. The SMILES string of the molecule is N#Cc1c(C2CC2)cc(C(N)=O)c(=O)n1-c1ccc(F)cc1. The summed E-state index contributed by atoms with van der Waals surface area (Å²) in [5, 5.41) is 9.45. The molecule has 0 radical (unpaired) electrons. The van der Waals surface area contributed by atoms with Crippen molar-refractivity contribution in [2.24, 2.45) is 5.73 Å². The van der Waals surface area contributed by atoms with Crippen LogP contribution in [-0.4, -0.2) is 10.5 Å². The van der Waals surface area contributed by atoms with E-state index in [4.69, 9.17) is 5.73 Å². The molecular formula is C16H12FN3O2. The Balaban J connectivity index is 2.35. The number of rotatable bonds is 3. The summed E-state index contributed by atoms with van der Waals surface area (Å²) in [6.07, 6.45) is 1.79. The van der Waals surface area contributed by atoms with E-state index in [1.54, 1.807) is 0 Å². The van der Waals surface area contributed by atoms with Gasteiger partial charge in [-0.2, -0.15) is 5.26 Å². The van der Waals surface area contributed by atoms with Gasteiger partial charge in [0.15, 0.2) is 0 Å². The zero-order chi connectivity index (χ0) is 15.9. The third kappa shape index (κ3) is 2.27. The molecule has 0 unspecified atom stereocenters. The van der Waals surface area contributed by atoms with Crippen LogP contribution in [0.1, 0.15) is 40.4 Å². The molecule has 0 atom stereocenters. The van der Waals surface area contributed by atoms with Gasteiger partial charge in [-0.25, -0.2) is 4.39 Å². The van der Waals surface area contributed by atoms with E-state index in [0.717, 1.165) is 17.4 Å². The highest BCUT2D eigenvalue weighted by molar-refractivity contribution is 5.92. The summed E-state index contributed by atoms with van der Waals surface area (Å²) in [4.78, 5) is 24.0. The van der Waals surface area contributed by atoms with Crippen LogP contribution in [0.5, 0.6) is 0 Å². The average Bonchev–Trinajstić information content (AvgIpc) is 3.32. The number of nitrogens with two attached hydrogens (primary N) is 1. The average molecular weight is 297 g/mol. The second-order valence-corrected chi connectivity index (χ2v) is 5.23. The fourth-order valence-corrected chi connectivity index (χ4v) is 2.47. The highest BCUT2D eigenvalue weighted by Gasteiger charge is 2.30. The molecule has 1 saturated carbocycles. The van der Waals surface area contributed by atoms with Gasteiger partial charge >= 0.3 is 0 Å². The number of amides is 1. The molecule has 1 fully saturated rings. The Kier molecular flexibility index (Phi) is 3.26. The van der Waals surface area contributed by atoms with Gasteiger partial charge in [0.25, 0.3) is 11.5 Å². The number of benzene rings is 1. The molecule has 1 amide bonds. The molecule has 22 heavy (non-hydrogen) atoms. The second kappa shape index (κ2) is 5.11. The van der Waals surface area contributed by atoms with Gasteiger partial charge < -0.3 is 5.73 Å². The van der Waals surface area contributed by atoms with E-state index in [0.29, 0.717) is 11.3 Å². The van der Waals surface area contributed by atoms with Crippen LogP contribution in [0.25, 0.3) is 5.69 Å². The Hall–Kier alpha value is -2.94. The lowest BCUT2D eigenvalue weighted by Crippen LogP contribution is -2.31. The molecule has 0 bridgehead atoms. The minimum Gasteiger partial charge on any atom is -0.365 e. The van der Waals surface area contributed by atoms with Crippen LogP contribution in [0, 0.1) is 17.1 Å². The van der Waals surface area contributed by atoms with Crippen molar-refractivity contribution in [1.29, 1.82) is 5.26 Å². The van der Waals surface area contributed by atoms with Crippen LogP contribution in [-0.2, 0) is 0 Å². The topological polar surface area (TPSA) is 88.9 Å². The molecule has 1 aromatic heterocycles. The number of carbonyl (C=O) groups is 1. The van der Waals surface area contributed by atoms with Crippen molar-refractivity contribution >= 4 is 5.91 Å². The van der Waals surface area contributed by atoms with Crippen molar-refractivity contribution in [1.82, 2.24) is 4.57 Å². The largest absolute Gasteiger partial charge is 0.365 e. The number of hydrogen-bond acceptors (Lipinski definition) is 3. The Bertz CT molecular complexity index is 859. The predicted molar refractivity (Wildman–Crippen MR) is 77.2 cm³/mol. The number of carbonyl (C=O) groups excluding carboxylic acids is 1. The van der Waals surface area contributed by atoms with E-state index in [1.807, 2.05) is 6.07 Å². The van der Waals surface area contributed by atoms with Gasteiger partial charge in [0.05, 0.1) is 5.69 Å². The summed E-state index contributed by atoms with van der Waals surface area (Å²) >= 11 is 0. The number of nitrogens with zero attached hydrogens (tertiary/aromatic N) is 2. The predicted octanol–water partition coefficient (Wildman–Crippen LogP) is 1.82. The molecule has 2 N–H and O–H groups in total. The maximum atomic E-state index is 13.1. The van der Waals surface area contributed by atoms with Gasteiger partial charge in [-0.1, -0.05) is 0 Å². The van der Waals surface area contributed by atoms with E-state index in [-0.39, 0.29) is 17.2 Å². The first-order chi connectivity index (χ1) is 10.5. The van der Waals surface area contributed by atoms with E-state index >= 15 is 0 Å². The maximum absolute atomic E-state index is 13.1. The van der Waals surface area contributed by atoms with Crippen molar-refractivity contribution in [3.8, 4) is 11.8 Å². The molecule has 6 heteroatoms. The van der Waals surface area contributed by atoms with Gasteiger partial charge in [-0.15, -0.1) is 0 Å². The van der Waals surface area contributed by atoms with Gasteiger partial charge in [0.1, 0.15) is 23.1 Å². The molecule has 1 aliphatic rings. The number of hydrogen-bond donors (Lipinski definition) is 1. The smallest absolute Gasteiger partial charge is 0.269 e. The molecule has 2 aromatic rings. The Morgan fingerprint density at radius 1 is 1.32 bits per heavy atom. The van der Waals surface area contributed by atoms with Crippen molar-refractivity contribution < 1.29 is 9.18 Å². The highest BCUT2D eigenvalue weighted by Crippen LogP contribution is 2.41. The fraction of sp³-hybridized carbons (Fsp3) is 0.188. The Morgan fingerprint density at radius 2 is 1.95 bits per heavy atom. The monoisotopic (exact) mass is 297 g/mol. The molecule has 110 valence electrons. The number of primary amides is 1. The summed E-state index contributed by atoms with van der Waals surface area (Å²) in [6.45, 7) is 0. The highest BCUT2D eigenvalue weighted by atomic mass is 19.1. The zero-order valence-corrected chi connectivity index (χ0v) is 11.5. The van der Waals surface area contributed by atoms with Crippen LogP contribution < -0.4 is 11.3 Å². The van der Waals surface area contributed by atoms with Gasteiger partial charge in [0, 0.05) is 0 Å². The number of nitriles is 1. The van der Waals surface area contributed by atoms with Crippen molar-refractivity contribution in [2.45, 2.75) is 18.8 Å². The lowest BCUT2D eigenvalue weighted by atomic mass is 10.0. The molecule has 0 spiro atoms. The normalized spacial score (nSPS) is 13.6. The van der Waals surface area contributed by atoms with Crippen molar-refractivity contribution in [2.75, 3.05) is 0 Å². The summed E-state index contributed by atoms with van der Waals surface area (Å²) < 4.78 is 14.2. The summed E-state index contributed by atoms with van der Waals surface area (Å²) in [5.74, 6) is -1.14. The molecule has 1 aliphatic carbocycles. The Morgan fingerprint density at radius 3 is 2.45 bits per heavy atom. The van der Waals surface area contributed by atoms with Crippen LogP contribution in [0.3, 0.4) is 0 Å². The van der Waals surface area contributed by atoms with Crippen molar-refractivity contribution in [3.63, 3.8) is 0 Å². The third-order valence-corrected chi connectivity index (χ3v) is 3.70. The molecule has 1 aromatic carbocycles. The minimum atomic E-state index is -0.841. The summed E-state index contributed by atoms with van der Waals surface area (Å²) in [5.41, 5.74) is 5.58. The standard InChI is InChI=1S/C16H12FN3O2/c17-10-3-5-11(6-4-10)20-14(8-18)12(9-1-2-9)7-13(15(19)21)16(20)22/h3-7,9H,1-2H2,(H2,19,21). The van der Waals surface area contributed by atoms with Crippen LogP contribution in [0.15, 0.2) is 35.1 Å². The van der Waals surface area contributed by atoms with Gasteiger partial charge in [-0.3, -0.25) is 14.2 Å². The van der Waals surface area contributed by atoms with Crippen molar-refractivity contribution in [3.05, 3.63) is 63.3 Å². The molecule has 3 rings (SSSR count). The fourth-order valence-electron chi connectivity index (χ4n) is 2.47. The summed E-state index contributed by atoms with van der Waals surface area (Å²) in [6, 6.07) is 8.60. The van der Waals surface area contributed by atoms with Gasteiger partial charge in [-0.05, 0) is 54.7 Å². The zero-order valence-electron chi connectivity index (χ0n) is 11.5. The van der Waals surface area contributed by atoms with Gasteiger partial charge in [0.2, 0.25) is 0 Å². The van der Waals surface area contributed by atoms with Crippen LogP contribution in [0.2, 0.25) is 0 Å². The van der Waals surface area contributed by atoms with Crippen LogP contribution in [0.4, 0.5) is 4.39 Å². The first-order valence-corrected chi connectivity index (χ1v) is 6.78. The minimum absolute atomic E-state index is 0.153.